The highest BCUT2D eigenvalue weighted by molar-refractivity contribution is 5.80. The van der Waals surface area contributed by atoms with Gasteiger partial charge in [0, 0.05) is 26.1 Å². The van der Waals surface area contributed by atoms with Crippen LogP contribution in [0.2, 0.25) is 0 Å². The van der Waals surface area contributed by atoms with Gasteiger partial charge < -0.3 is 14.4 Å². The third-order valence-electron chi connectivity index (χ3n) is 6.30. The first-order valence-electron chi connectivity index (χ1n) is 11.9. The smallest absolute Gasteiger partial charge is 0.275 e. The molecule has 2 amide bonds. The van der Waals surface area contributed by atoms with E-state index in [1.807, 2.05) is 54.1 Å². The Bertz CT molecular complexity index is 959. The molecule has 7 heteroatoms. The van der Waals surface area contributed by atoms with Gasteiger partial charge in [0.25, 0.3) is 5.91 Å². The monoisotopic (exact) mass is 451 g/mol. The van der Waals surface area contributed by atoms with Crippen molar-refractivity contribution in [2.24, 2.45) is 0 Å². The molecule has 0 saturated carbocycles. The zero-order valence-corrected chi connectivity index (χ0v) is 19.5. The average molecular weight is 452 g/mol. The molecule has 2 aliphatic rings. The Labute approximate surface area is 195 Å². The molecule has 2 aromatic rings. The van der Waals surface area contributed by atoms with E-state index < -0.39 is 6.10 Å². The Balaban J connectivity index is 1.58. The van der Waals surface area contributed by atoms with E-state index >= 15 is 0 Å². The van der Waals surface area contributed by atoms with Gasteiger partial charge in [0.2, 0.25) is 5.91 Å². The van der Waals surface area contributed by atoms with Gasteiger partial charge in [-0.25, -0.2) is 5.01 Å². The normalized spacial score (nSPS) is 19.5. The van der Waals surface area contributed by atoms with Crippen LogP contribution in [0.4, 0.5) is 0 Å². The minimum absolute atomic E-state index is 0.136. The van der Waals surface area contributed by atoms with Gasteiger partial charge in [-0.05, 0) is 41.7 Å². The zero-order chi connectivity index (χ0) is 23.2. The molecule has 0 aromatic heterocycles. The molecule has 2 aromatic carbocycles. The van der Waals surface area contributed by atoms with Crippen LogP contribution >= 0.6 is 0 Å². The lowest BCUT2D eigenvalue weighted by Crippen LogP contribution is -2.52. The van der Waals surface area contributed by atoms with E-state index in [-0.39, 0.29) is 17.9 Å². The van der Waals surface area contributed by atoms with E-state index in [1.54, 1.807) is 0 Å². The number of hydrogen-bond donors (Lipinski definition) is 1. The number of fused-ring (bicyclic) bond motifs is 1. The summed E-state index contributed by atoms with van der Waals surface area (Å²) in [6.07, 6.45) is 1.22. The predicted molar refractivity (Wildman–Crippen MR) is 126 cm³/mol. The summed E-state index contributed by atoms with van der Waals surface area (Å²) in [4.78, 5) is 27.6. The molecule has 1 fully saturated rings. The van der Waals surface area contributed by atoms with Crippen LogP contribution in [0.15, 0.2) is 48.5 Å². The molecule has 0 aliphatic carbocycles. The van der Waals surface area contributed by atoms with Crippen molar-refractivity contribution in [3.63, 3.8) is 0 Å². The molecule has 7 nitrogen and oxygen atoms in total. The Morgan fingerprint density at radius 1 is 1.09 bits per heavy atom. The van der Waals surface area contributed by atoms with Crippen molar-refractivity contribution in [3.05, 3.63) is 65.2 Å². The molecule has 1 saturated heterocycles. The van der Waals surface area contributed by atoms with Gasteiger partial charge in [0.15, 0.2) is 6.10 Å². The summed E-state index contributed by atoms with van der Waals surface area (Å²) in [5.74, 6) is 0.626. The van der Waals surface area contributed by atoms with Crippen LogP contribution in [0.1, 0.15) is 49.4 Å². The predicted octanol–water partition coefficient (Wildman–Crippen LogP) is 3.09. The van der Waals surface area contributed by atoms with Gasteiger partial charge >= 0.3 is 0 Å². The number of hydrazine groups is 1. The van der Waals surface area contributed by atoms with Gasteiger partial charge in [-0.3, -0.25) is 15.0 Å². The summed E-state index contributed by atoms with van der Waals surface area (Å²) in [7, 11) is 0. The topological polar surface area (TPSA) is 71.1 Å². The summed E-state index contributed by atoms with van der Waals surface area (Å²) in [6.45, 7) is 7.09. The number of hydrogen-bond acceptors (Lipinski definition) is 5. The lowest BCUT2D eigenvalue weighted by atomic mass is 9.87. The number of nitrogens with zero attached hydrogens (tertiary/aromatic N) is 2. The summed E-state index contributed by atoms with van der Waals surface area (Å²) in [5, 5.41) is 1.88. The van der Waals surface area contributed by atoms with Gasteiger partial charge in [-0.15, -0.1) is 0 Å². The standard InChI is InChI=1S/C26H33N3O4/c1-3-23(26(31)27-28-14-16-32-17-15-28)33-21-11-10-19-12-13-29(24(30)4-2)25(22(19)18-21)20-8-6-5-7-9-20/h5-11,18,23,25H,3-4,12-17H2,1-2H3,(H,27,31). The molecule has 2 atom stereocenters. The molecule has 0 radical (unpaired) electrons. The van der Waals surface area contributed by atoms with E-state index in [4.69, 9.17) is 9.47 Å². The molecule has 2 heterocycles. The van der Waals surface area contributed by atoms with Crippen molar-refractivity contribution >= 4 is 11.8 Å². The van der Waals surface area contributed by atoms with Gasteiger partial charge in [0.05, 0.1) is 19.3 Å². The Hall–Kier alpha value is -2.90. The van der Waals surface area contributed by atoms with E-state index in [0.29, 0.717) is 51.4 Å². The van der Waals surface area contributed by atoms with E-state index in [0.717, 1.165) is 17.5 Å². The SMILES string of the molecule is CCC(=O)N1CCc2ccc(OC(CC)C(=O)NN3CCOCC3)cc2C1c1ccccc1. The van der Waals surface area contributed by atoms with E-state index in [1.165, 1.54) is 5.56 Å². The first kappa shape index (κ1) is 23.3. The lowest BCUT2D eigenvalue weighted by Gasteiger charge is -2.38. The minimum atomic E-state index is -0.599. The molecule has 2 unspecified atom stereocenters. The van der Waals surface area contributed by atoms with Crippen LogP contribution in [0.3, 0.4) is 0 Å². The summed E-state index contributed by atoms with van der Waals surface area (Å²) in [5.41, 5.74) is 6.31. The van der Waals surface area contributed by atoms with Crippen molar-refractivity contribution in [3.8, 4) is 5.75 Å². The molecular weight excluding hydrogens is 418 g/mol. The maximum absolute atomic E-state index is 12.8. The number of rotatable bonds is 7. The second-order valence-electron chi connectivity index (χ2n) is 8.45. The minimum Gasteiger partial charge on any atom is -0.481 e. The molecule has 176 valence electrons. The number of carbonyl (C=O) groups excluding carboxylic acids is 2. The molecule has 33 heavy (non-hydrogen) atoms. The second-order valence-corrected chi connectivity index (χ2v) is 8.45. The van der Waals surface area contributed by atoms with Crippen molar-refractivity contribution in [1.29, 1.82) is 0 Å². The Morgan fingerprint density at radius 3 is 2.55 bits per heavy atom. The molecule has 0 bridgehead atoms. The van der Waals surface area contributed by atoms with Crippen molar-refractivity contribution in [2.75, 3.05) is 32.8 Å². The van der Waals surface area contributed by atoms with Gasteiger partial charge in [-0.2, -0.15) is 0 Å². The van der Waals surface area contributed by atoms with Crippen LogP contribution in [0.25, 0.3) is 0 Å². The van der Waals surface area contributed by atoms with Crippen LogP contribution in [0.5, 0.6) is 5.75 Å². The van der Waals surface area contributed by atoms with E-state index in [9.17, 15) is 9.59 Å². The summed E-state index contributed by atoms with van der Waals surface area (Å²) in [6, 6.07) is 16.0. The number of carbonyl (C=O) groups is 2. The number of benzene rings is 2. The first-order chi connectivity index (χ1) is 16.1. The van der Waals surface area contributed by atoms with Crippen molar-refractivity contribution in [1.82, 2.24) is 15.3 Å². The molecular formula is C26H33N3O4. The number of nitrogens with one attached hydrogen (secondary N) is 1. The summed E-state index contributed by atoms with van der Waals surface area (Å²) < 4.78 is 11.5. The van der Waals surface area contributed by atoms with Gasteiger partial charge in [-0.1, -0.05) is 50.2 Å². The fourth-order valence-corrected chi connectivity index (χ4v) is 4.52. The number of ether oxygens (including phenoxy) is 2. The summed E-state index contributed by atoms with van der Waals surface area (Å²) >= 11 is 0. The molecule has 1 N–H and O–H groups in total. The molecule has 4 rings (SSSR count). The fraction of sp³-hybridized carbons (Fsp3) is 0.462. The second kappa shape index (κ2) is 10.8. The van der Waals surface area contributed by atoms with Crippen LogP contribution in [-0.4, -0.2) is 60.7 Å². The third-order valence-corrected chi connectivity index (χ3v) is 6.30. The Morgan fingerprint density at radius 2 is 1.85 bits per heavy atom. The highest BCUT2D eigenvalue weighted by atomic mass is 16.5. The van der Waals surface area contributed by atoms with E-state index in [2.05, 4.69) is 23.6 Å². The first-order valence-corrected chi connectivity index (χ1v) is 11.9. The highest BCUT2D eigenvalue weighted by Gasteiger charge is 2.32. The van der Waals surface area contributed by atoms with Crippen molar-refractivity contribution < 1.29 is 19.1 Å². The largest absolute Gasteiger partial charge is 0.481 e. The number of morpholine rings is 1. The maximum atomic E-state index is 12.8. The average Bonchev–Trinajstić information content (AvgIpc) is 2.87. The molecule has 0 spiro atoms. The van der Waals surface area contributed by atoms with Gasteiger partial charge in [0.1, 0.15) is 5.75 Å². The molecule has 2 aliphatic heterocycles. The maximum Gasteiger partial charge on any atom is 0.275 e. The van der Waals surface area contributed by atoms with Crippen LogP contribution in [0, 0.1) is 0 Å². The fourth-order valence-electron chi connectivity index (χ4n) is 4.52. The van der Waals surface area contributed by atoms with Crippen LogP contribution in [-0.2, 0) is 20.7 Å². The third kappa shape index (κ3) is 5.37. The van der Waals surface area contributed by atoms with Crippen molar-refractivity contribution in [2.45, 2.75) is 45.3 Å². The highest BCUT2D eigenvalue weighted by Crippen LogP contribution is 2.37. The lowest BCUT2D eigenvalue weighted by molar-refractivity contribution is -0.135. The zero-order valence-electron chi connectivity index (χ0n) is 19.5. The Kier molecular flexibility index (Phi) is 7.62. The van der Waals surface area contributed by atoms with Crippen LogP contribution < -0.4 is 10.2 Å². The number of amides is 2. The quantitative estimate of drug-likeness (QED) is 0.701.